The van der Waals surface area contributed by atoms with Crippen molar-refractivity contribution in [2.75, 3.05) is 6.54 Å². The zero-order valence-electron chi connectivity index (χ0n) is 17.0. The van der Waals surface area contributed by atoms with E-state index in [1.54, 1.807) is 4.57 Å². The second kappa shape index (κ2) is 6.28. The first-order valence-electron chi connectivity index (χ1n) is 10.4. The Morgan fingerprint density at radius 2 is 2.07 bits per heavy atom. The molecule has 30 heavy (non-hydrogen) atoms. The van der Waals surface area contributed by atoms with Crippen molar-refractivity contribution in [2.24, 2.45) is 0 Å². The topological polar surface area (TPSA) is 71.0 Å². The number of hydrogen-bond donors (Lipinski definition) is 1. The van der Waals surface area contributed by atoms with E-state index in [4.69, 9.17) is 4.98 Å². The molecule has 0 bridgehead atoms. The summed E-state index contributed by atoms with van der Waals surface area (Å²) in [6, 6.07) is 6.31. The molecular weight excluding hydrogens is 396 g/mol. The number of benzene rings is 1. The molecule has 1 N–H and O–H groups in total. The number of fused-ring (bicyclic) bond motifs is 5. The van der Waals surface area contributed by atoms with Gasteiger partial charge >= 0.3 is 0 Å². The summed E-state index contributed by atoms with van der Waals surface area (Å²) in [4.78, 5) is 38.0. The molecule has 0 fully saturated rings. The van der Waals surface area contributed by atoms with Gasteiger partial charge in [-0.3, -0.25) is 14.2 Å². The Morgan fingerprint density at radius 1 is 1.20 bits per heavy atom. The molecule has 5 heterocycles. The number of para-hydroxylation sites is 1. The van der Waals surface area contributed by atoms with Gasteiger partial charge < -0.3 is 9.88 Å². The molecule has 6 rings (SSSR count). The predicted octanol–water partition coefficient (Wildman–Crippen LogP) is 3.70. The number of nitrogens with one attached hydrogen (secondary N) is 1. The quantitative estimate of drug-likeness (QED) is 0.512. The Morgan fingerprint density at radius 3 is 2.93 bits per heavy atom. The van der Waals surface area contributed by atoms with Gasteiger partial charge in [0.2, 0.25) is 0 Å². The molecule has 1 amide bonds. The van der Waals surface area contributed by atoms with Gasteiger partial charge in [-0.05, 0) is 31.4 Å². The third-order valence-electron chi connectivity index (χ3n) is 6.61. The minimum absolute atomic E-state index is 0.00714. The van der Waals surface area contributed by atoms with E-state index in [0.29, 0.717) is 28.2 Å². The number of hydrogen-bond acceptors (Lipinski definition) is 4. The van der Waals surface area contributed by atoms with Crippen LogP contribution in [0.25, 0.3) is 21.1 Å². The highest BCUT2D eigenvalue weighted by Gasteiger charge is 2.29. The van der Waals surface area contributed by atoms with Crippen molar-refractivity contribution in [3.63, 3.8) is 0 Å². The SMILES string of the molecule is Cc1cccc2c3c([nH]c12)CCN(C(=O)c1sc2nc4n(c(=O)c2c1C)CCC4)C3. The van der Waals surface area contributed by atoms with E-state index in [-0.39, 0.29) is 11.5 Å². The number of nitrogens with zero attached hydrogens (tertiary/aromatic N) is 3. The van der Waals surface area contributed by atoms with Gasteiger partial charge in [0, 0.05) is 54.6 Å². The van der Waals surface area contributed by atoms with E-state index in [1.807, 2.05) is 11.8 Å². The van der Waals surface area contributed by atoms with Crippen LogP contribution >= 0.6 is 11.3 Å². The summed E-state index contributed by atoms with van der Waals surface area (Å²) in [6.45, 7) is 5.99. The number of H-pyrrole nitrogens is 1. The summed E-state index contributed by atoms with van der Waals surface area (Å²) in [6.07, 6.45) is 2.61. The number of rotatable bonds is 1. The van der Waals surface area contributed by atoms with Crippen LogP contribution in [0.5, 0.6) is 0 Å². The Bertz CT molecular complexity index is 1430. The van der Waals surface area contributed by atoms with Crippen molar-refractivity contribution >= 4 is 38.4 Å². The van der Waals surface area contributed by atoms with Crippen LogP contribution in [0.15, 0.2) is 23.0 Å². The third-order valence-corrected chi connectivity index (χ3v) is 7.79. The van der Waals surface area contributed by atoms with E-state index in [1.165, 1.54) is 39.1 Å². The van der Waals surface area contributed by atoms with E-state index in [9.17, 15) is 9.59 Å². The molecule has 4 aromatic rings. The van der Waals surface area contributed by atoms with Gasteiger partial charge in [-0.1, -0.05) is 18.2 Å². The molecule has 0 radical (unpaired) electrons. The lowest BCUT2D eigenvalue weighted by Crippen LogP contribution is -2.35. The Balaban J connectivity index is 1.41. The molecule has 3 aromatic heterocycles. The number of carbonyl (C=O) groups is 1. The van der Waals surface area contributed by atoms with Gasteiger partial charge in [-0.25, -0.2) is 4.98 Å². The van der Waals surface area contributed by atoms with Crippen molar-refractivity contribution < 1.29 is 4.79 Å². The first kappa shape index (κ1) is 17.9. The van der Waals surface area contributed by atoms with Crippen molar-refractivity contribution in [3.05, 3.63) is 61.6 Å². The first-order valence-corrected chi connectivity index (χ1v) is 11.3. The van der Waals surface area contributed by atoms with Gasteiger partial charge in [-0.15, -0.1) is 11.3 Å². The molecule has 0 saturated heterocycles. The number of aromatic nitrogens is 3. The zero-order chi connectivity index (χ0) is 20.6. The summed E-state index contributed by atoms with van der Waals surface area (Å²) in [7, 11) is 0. The largest absolute Gasteiger partial charge is 0.358 e. The number of carbonyl (C=O) groups excluding carboxylic acids is 1. The average Bonchev–Trinajstić information content (AvgIpc) is 3.44. The third kappa shape index (κ3) is 2.38. The summed E-state index contributed by atoms with van der Waals surface area (Å²) in [5.41, 5.74) is 5.62. The molecule has 0 atom stereocenters. The highest BCUT2D eigenvalue weighted by Crippen LogP contribution is 2.33. The number of aryl methyl sites for hydroxylation is 3. The van der Waals surface area contributed by atoms with Crippen molar-refractivity contribution in [1.29, 1.82) is 0 Å². The van der Waals surface area contributed by atoms with Gasteiger partial charge in [0.1, 0.15) is 10.7 Å². The zero-order valence-corrected chi connectivity index (χ0v) is 17.9. The van der Waals surface area contributed by atoms with Gasteiger partial charge in [0.15, 0.2) is 0 Å². The smallest absolute Gasteiger partial charge is 0.264 e. The maximum Gasteiger partial charge on any atom is 0.264 e. The van der Waals surface area contributed by atoms with Crippen molar-refractivity contribution in [1.82, 2.24) is 19.4 Å². The van der Waals surface area contributed by atoms with Crippen molar-refractivity contribution in [2.45, 2.75) is 46.2 Å². The highest BCUT2D eigenvalue weighted by atomic mass is 32.1. The molecule has 2 aliphatic rings. The first-order chi connectivity index (χ1) is 14.5. The van der Waals surface area contributed by atoms with Crippen LogP contribution in [0.3, 0.4) is 0 Å². The monoisotopic (exact) mass is 418 g/mol. The number of thiophene rings is 1. The normalized spacial score (nSPS) is 15.7. The molecule has 0 spiro atoms. The summed E-state index contributed by atoms with van der Waals surface area (Å²) < 4.78 is 1.78. The minimum atomic E-state index is 0.00714. The van der Waals surface area contributed by atoms with Crippen LogP contribution in [0.1, 0.15) is 44.3 Å². The molecule has 0 unspecified atom stereocenters. The lowest BCUT2D eigenvalue weighted by atomic mass is 10.0. The maximum atomic E-state index is 13.5. The number of amides is 1. The molecule has 6 nitrogen and oxygen atoms in total. The highest BCUT2D eigenvalue weighted by molar-refractivity contribution is 7.20. The molecule has 7 heteroatoms. The average molecular weight is 419 g/mol. The van der Waals surface area contributed by atoms with Crippen LogP contribution < -0.4 is 5.56 Å². The second-order valence-electron chi connectivity index (χ2n) is 8.38. The molecule has 152 valence electrons. The lowest BCUT2D eigenvalue weighted by Gasteiger charge is -2.27. The molecule has 0 saturated carbocycles. The van der Waals surface area contributed by atoms with E-state index in [0.717, 1.165) is 37.2 Å². The van der Waals surface area contributed by atoms with Crippen molar-refractivity contribution in [3.8, 4) is 0 Å². The second-order valence-corrected chi connectivity index (χ2v) is 9.38. The van der Waals surface area contributed by atoms with Crippen LogP contribution in [-0.2, 0) is 25.9 Å². The van der Waals surface area contributed by atoms with Crippen LogP contribution in [0.2, 0.25) is 0 Å². The molecular formula is C23H22N4O2S. The predicted molar refractivity (Wildman–Crippen MR) is 118 cm³/mol. The lowest BCUT2D eigenvalue weighted by molar-refractivity contribution is 0.0739. The minimum Gasteiger partial charge on any atom is -0.358 e. The van der Waals surface area contributed by atoms with Gasteiger partial charge in [0.05, 0.1) is 10.3 Å². The van der Waals surface area contributed by atoms with Crippen LogP contribution in [0, 0.1) is 13.8 Å². The standard InChI is InChI=1S/C23H22N4O2S/c1-12-5-3-6-14-15-11-26(10-8-16(15)24-19(12)14)23(29)20-13(2)18-21(30-20)25-17-7-4-9-27(17)22(18)28/h3,5-6,24H,4,7-11H2,1-2H3. The summed E-state index contributed by atoms with van der Waals surface area (Å²) in [5.74, 6) is 0.859. The fourth-order valence-corrected chi connectivity index (χ4v) is 6.14. The fraction of sp³-hybridized carbons (Fsp3) is 0.348. The number of aromatic amines is 1. The molecule has 0 aliphatic carbocycles. The van der Waals surface area contributed by atoms with E-state index >= 15 is 0 Å². The maximum absolute atomic E-state index is 13.5. The van der Waals surface area contributed by atoms with E-state index in [2.05, 4.69) is 30.1 Å². The van der Waals surface area contributed by atoms with E-state index < -0.39 is 0 Å². The van der Waals surface area contributed by atoms with Crippen LogP contribution in [0.4, 0.5) is 0 Å². The summed E-state index contributed by atoms with van der Waals surface area (Å²) in [5, 5.41) is 1.82. The van der Waals surface area contributed by atoms with Gasteiger partial charge in [-0.2, -0.15) is 0 Å². The van der Waals surface area contributed by atoms with Crippen LogP contribution in [-0.4, -0.2) is 31.9 Å². The Kier molecular flexibility index (Phi) is 3.75. The fourth-order valence-electron chi connectivity index (χ4n) is 4.98. The van der Waals surface area contributed by atoms with Gasteiger partial charge in [0.25, 0.3) is 11.5 Å². The summed E-state index contributed by atoms with van der Waals surface area (Å²) >= 11 is 1.37. The molecule has 1 aromatic carbocycles. The Labute approximate surface area is 177 Å². The Hall–Kier alpha value is -2.93. The molecule has 2 aliphatic heterocycles.